The van der Waals surface area contributed by atoms with E-state index in [-0.39, 0.29) is 5.56 Å². The minimum Gasteiger partial charge on any atom is -0.486 e. The van der Waals surface area contributed by atoms with E-state index in [0.29, 0.717) is 47.2 Å². The van der Waals surface area contributed by atoms with Gasteiger partial charge >= 0.3 is 0 Å². The summed E-state index contributed by atoms with van der Waals surface area (Å²) >= 11 is 0. The summed E-state index contributed by atoms with van der Waals surface area (Å²) in [7, 11) is 0. The third kappa shape index (κ3) is 2.84. The number of benzene rings is 2. The van der Waals surface area contributed by atoms with E-state index in [2.05, 4.69) is 15.1 Å². The van der Waals surface area contributed by atoms with E-state index < -0.39 is 0 Å². The third-order valence-corrected chi connectivity index (χ3v) is 5.80. The Kier molecular flexibility index (Phi) is 4.01. The standard InChI is InChI=1S/C24H19N5O3/c1-14-3-5-17(11-15(14)2)28-8-7-19-18(23(28)30)13-25-24-26-22(27-29(19)24)16-4-6-20-21(12-16)32-10-9-31-20/h3-8,11-13H,9-10H2,1-2H3. The first-order valence-electron chi connectivity index (χ1n) is 10.3. The van der Waals surface area contributed by atoms with Crippen LogP contribution >= 0.6 is 0 Å². The summed E-state index contributed by atoms with van der Waals surface area (Å²) in [6.07, 6.45) is 3.33. The van der Waals surface area contributed by atoms with Gasteiger partial charge in [0.1, 0.15) is 13.2 Å². The number of rotatable bonds is 2. The van der Waals surface area contributed by atoms with E-state index in [0.717, 1.165) is 16.8 Å². The molecule has 32 heavy (non-hydrogen) atoms. The number of hydrogen-bond donors (Lipinski definition) is 0. The molecular formula is C24H19N5O3. The number of pyridine rings is 1. The van der Waals surface area contributed by atoms with Crippen molar-refractivity contribution < 1.29 is 9.47 Å². The van der Waals surface area contributed by atoms with Gasteiger partial charge in [0, 0.05) is 23.6 Å². The molecule has 3 aromatic heterocycles. The minimum atomic E-state index is -0.156. The highest BCUT2D eigenvalue weighted by atomic mass is 16.6. The summed E-state index contributed by atoms with van der Waals surface area (Å²) in [5, 5.41) is 5.10. The first-order chi connectivity index (χ1) is 15.6. The van der Waals surface area contributed by atoms with Crippen molar-refractivity contribution in [3.05, 3.63) is 76.3 Å². The highest BCUT2D eigenvalue weighted by Gasteiger charge is 2.17. The summed E-state index contributed by atoms with van der Waals surface area (Å²) in [6.45, 7) is 5.13. The molecule has 0 bridgehead atoms. The summed E-state index contributed by atoms with van der Waals surface area (Å²) in [4.78, 5) is 22.2. The summed E-state index contributed by atoms with van der Waals surface area (Å²) in [5.41, 5.74) is 4.41. The lowest BCUT2D eigenvalue weighted by atomic mass is 10.1. The van der Waals surface area contributed by atoms with Crippen LogP contribution in [0.4, 0.5) is 0 Å². The van der Waals surface area contributed by atoms with Crippen molar-refractivity contribution in [2.24, 2.45) is 0 Å². The molecule has 4 heterocycles. The van der Waals surface area contributed by atoms with Crippen LogP contribution in [0.25, 0.3) is 33.8 Å². The molecule has 0 amide bonds. The monoisotopic (exact) mass is 425 g/mol. The predicted octanol–water partition coefficient (Wildman–Crippen LogP) is 3.48. The van der Waals surface area contributed by atoms with Crippen LogP contribution < -0.4 is 15.0 Å². The van der Waals surface area contributed by atoms with Gasteiger partial charge in [-0.1, -0.05) is 6.07 Å². The molecule has 5 aromatic rings. The van der Waals surface area contributed by atoms with Crippen LogP contribution in [0.1, 0.15) is 11.1 Å². The predicted molar refractivity (Wildman–Crippen MR) is 120 cm³/mol. The Morgan fingerprint density at radius 2 is 1.78 bits per heavy atom. The summed E-state index contributed by atoms with van der Waals surface area (Å²) in [5.74, 6) is 2.30. The van der Waals surface area contributed by atoms with Gasteiger partial charge in [-0.15, -0.1) is 5.10 Å². The zero-order chi connectivity index (χ0) is 21.8. The maximum Gasteiger partial charge on any atom is 0.266 e. The summed E-state index contributed by atoms with van der Waals surface area (Å²) < 4.78 is 14.5. The van der Waals surface area contributed by atoms with Crippen LogP contribution in [-0.2, 0) is 0 Å². The second kappa shape index (κ2) is 6.91. The van der Waals surface area contributed by atoms with Crippen LogP contribution in [0.2, 0.25) is 0 Å². The molecule has 1 aliphatic rings. The van der Waals surface area contributed by atoms with Gasteiger partial charge in [0.15, 0.2) is 17.3 Å². The smallest absolute Gasteiger partial charge is 0.266 e. The van der Waals surface area contributed by atoms with E-state index in [9.17, 15) is 4.79 Å². The van der Waals surface area contributed by atoms with Crippen LogP contribution in [-0.4, -0.2) is 37.4 Å². The molecule has 6 rings (SSSR count). The van der Waals surface area contributed by atoms with Crippen LogP contribution in [0.15, 0.2) is 59.7 Å². The lowest BCUT2D eigenvalue weighted by Gasteiger charge is -2.18. The molecule has 0 saturated carbocycles. The van der Waals surface area contributed by atoms with Gasteiger partial charge in [-0.3, -0.25) is 9.36 Å². The maximum atomic E-state index is 13.2. The van der Waals surface area contributed by atoms with Gasteiger partial charge in [-0.05, 0) is 61.4 Å². The number of nitrogens with zero attached hydrogens (tertiary/aromatic N) is 5. The Morgan fingerprint density at radius 1 is 0.938 bits per heavy atom. The normalized spacial score (nSPS) is 13.1. The average Bonchev–Trinajstić information content (AvgIpc) is 3.26. The van der Waals surface area contributed by atoms with Gasteiger partial charge in [0.25, 0.3) is 11.3 Å². The van der Waals surface area contributed by atoms with Gasteiger partial charge < -0.3 is 9.47 Å². The van der Waals surface area contributed by atoms with Crippen molar-refractivity contribution in [1.82, 2.24) is 24.1 Å². The molecule has 8 nitrogen and oxygen atoms in total. The molecule has 0 atom stereocenters. The second-order valence-corrected chi connectivity index (χ2v) is 7.82. The zero-order valence-electron chi connectivity index (χ0n) is 17.6. The number of aromatic nitrogens is 5. The number of aryl methyl sites for hydroxylation is 2. The van der Waals surface area contributed by atoms with Gasteiger partial charge in [-0.25, -0.2) is 4.98 Å². The van der Waals surface area contributed by atoms with Gasteiger partial charge in [0.05, 0.1) is 10.9 Å². The fourth-order valence-electron chi connectivity index (χ4n) is 3.90. The number of ether oxygens (including phenoxy) is 2. The molecule has 0 radical (unpaired) electrons. The molecule has 0 N–H and O–H groups in total. The number of fused-ring (bicyclic) bond motifs is 4. The molecule has 2 aromatic carbocycles. The molecule has 0 fully saturated rings. The molecule has 8 heteroatoms. The molecule has 158 valence electrons. The van der Waals surface area contributed by atoms with E-state index in [1.165, 1.54) is 5.56 Å². The first kappa shape index (κ1) is 18.6. The maximum absolute atomic E-state index is 13.2. The highest BCUT2D eigenvalue weighted by molar-refractivity contribution is 5.79. The SMILES string of the molecule is Cc1ccc(-n2ccc3c(cnc4nc(-c5ccc6c(c5)OCCO6)nn43)c2=O)cc1C. The van der Waals surface area contributed by atoms with Crippen molar-refractivity contribution in [3.63, 3.8) is 0 Å². The third-order valence-electron chi connectivity index (χ3n) is 5.80. The zero-order valence-corrected chi connectivity index (χ0v) is 17.6. The topological polar surface area (TPSA) is 83.5 Å². The molecule has 0 saturated heterocycles. The lowest BCUT2D eigenvalue weighted by molar-refractivity contribution is 0.171. The highest BCUT2D eigenvalue weighted by Crippen LogP contribution is 2.33. The Hall–Kier alpha value is -4.20. The van der Waals surface area contributed by atoms with Crippen molar-refractivity contribution in [2.75, 3.05) is 13.2 Å². The Bertz CT molecular complexity index is 1580. The minimum absolute atomic E-state index is 0.156. The molecule has 0 aliphatic carbocycles. The van der Waals surface area contributed by atoms with Crippen LogP contribution in [0.3, 0.4) is 0 Å². The average molecular weight is 425 g/mol. The second-order valence-electron chi connectivity index (χ2n) is 7.82. The lowest BCUT2D eigenvalue weighted by Crippen LogP contribution is -2.19. The van der Waals surface area contributed by atoms with Gasteiger partial charge in [-0.2, -0.15) is 9.50 Å². The van der Waals surface area contributed by atoms with Crippen LogP contribution in [0.5, 0.6) is 11.5 Å². The largest absolute Gasteiger partial charge is 0.486 e. The fraction of sp³-hybridized carbons (Fsp3) is 0.167. The Morgan fingerprint density at radius 3 is 2.62 bits per heavy atom. The number of hydrogen-bond acceptors (Lipinski definition) is 6. The van der Waals surface area contributed by atoms with Crippen molar-refractivity contribution >= 4 is 16.7 Å². The van der Waals surface area contributed by atoms with E-state index in [4.69, 9.17) is 9.47 Å². The van der Waals surface area contributed by atoms with E-state index in [1.807, 2.05) is 56.3 Å². The molecular weight excluding hydrogens is 406 g/mol. The van der Waals surface area contributed by atoms with Gasteiger partial charge in [0.2, 0.25) is 0 Å². The van der Waals surface area contributed by atoms with Crippen molar-refractivity contribution in [2.45, 2.75) is 13.8 Å². The Balaban J connectivity index is 1.49. The molecule has 1 aliphatic heterocycles. The summed E-state index contributed by atoms with van der Waals surface area (Å²) in [6, 6.07) is 13.4. The van der Waals surface area contributed by atoms with Crippen molar-refractivity contribution in [3.8, 4) is 28.6 Å². The Labute approximate surface area is 182 Å². The first-order valence-corrected chi connectivity index (χ1v) is 10.3. The van der Waals surface area contributed by atoms with E-state index in [1.54, 1.807) is 21.5 Å². The molecule has 0 unspecified atom stereocenters. The fourth-order valence-corrected chi connectivity index (χ4v) is 3.90. The van der Waals surface area contributed by atoms with Crippen LogP contribution in [0, 0.1) is 13.8 Å². The van der Waals surface area contributed by atoms with Crippen molar-refractivity contribution in [1.29, 1.82) is 0 Å². The molecule has 0 spiro atoms. The quantitative estimate of drug-likeness (QED) is 0.431. The van der Waals surface area contributed by atoms with E-state index >= 15 is 0 Å².